The molecule has 0 aliphatic carbocycles. The van der Waals surface area contributed by atoms with E-state index in [1.54, 1.807) is 49.1 Å². The first kappa shape index (κ1) is 19.4. The minimum absolute atomic E-state index is 0.119. The second-order valence-electron chi connectivity index (χ2n) is 6.55. The fourth-order valence-electron chi connectivity index (χ4n) is 3.02. The number of carbonyl (C=O) groups excluding carboxylic acids is 2. The number of amides is 2. The number of pyridine rings is 2. The van der Waals surface area contributed by atoms with Gasteiger partial charge in [-0.2, -0.15) is 0 Å². The molecule has 1 aliphatic heterocycles. The molecule has 142 valence electrons. The lowest BCUT2D eigenvalue weighted by atomic mass is 10.1. The monoisotopic (exact) mass is 374 g/mol. The summed E-state index contributed by atoms with van der Waals surface area (Å²) in [5.41, 5.74) is 8.57. The normalized spacial score (nSPS) is 14.8. The summed E-state index contributed by atoms with van der Waals surface area (Å²) in [6, 6.07) is 14.2. The van der Waals surface area contributed by atoms with Crippen molar-refractivity contribution in [1.29, 1.82) is 0 Å². The zero-order valence-corrected chi connectivity index (χ0v) is 15.8. The topological polar surface area (TPSA) is 89.2 Å². The van der Waals surface area contributed by atoms with Crippen molar-refractivity contribution in [3.8, 4) is 0 Å². The number of aromatic nitrogens is 2. The zero-order valence-electron chi connectivity index (χ0n) is 15.8. The van der Waals surface area contributed by atoms with E-state index in [0.717, 1.165) is 11.1 Å². The molecule has 3 aromatic rings. The molecule has 1 aromatic carbocycles. The molecule has 2 N–H and O–H groups in total. The van der Waals surface area contributed by atoms with Crippen molar-refractivity contribution in [3.05, 3.63) is 95.6 Å². The van der Waals surface area contributed by atoms with Crippen LogP contribution in [0.4, 0.5) is 0 Å². The predicted octanol–water partition coefficient (Wildman–Crippen LogP) is 3.54. The van der Waals surface area contributed by atoms with Crippen molar-refractivity contribution in [1.82, 2.24) is 14.9 Å². The molecule has 2 unspecified atom stereocenters. The highest BCUT2D eigenvalue weighted by Crippen LogP contribution is 2.30. The summed E-state index contributed by atoms with van der Waals surface area (Å²) >= 11 is 0. The van der Waals surface area contributed by atoms with E-state index in [9.17, 15) is 9.59 Å². The molecule has 6 heteroatoms. The van der Waals surface area contributed by atoms with Gasteiger partial charge in [-0.3, -0.25) is 24.5 Å². The summed E-state index contributed by atoms with van der Waals surface area (Å²) in [5, 5.41) is 0. The Balaban J connectivity index is 0.000000211. The molecule has 2 aromatic heterocycles. The van der Waals surface area contributed by atoms with Gasteiger partial charge >= 0.3 is 0 Å². The number of hydrogen-bond donors (Lipinski definition) is 1. The van der Waals surface area contributed by atoms with Crippen LogP contribution in [0.3, 0.4) is 0 Å². The molecule has 4 rings (SSSR count). The molecule has 1 aliphatic rings. The van der Waals surface area contributed by atoms with Gasteiger partial charge in [-0.25, -0.2) is 0 Å². The van der Waals surface area contributed by atoms with Crippen molar-refractivity contribution in [2.75, 3.05) is 0 Å². The third-order valence-electron chi connectivity index (χ3n) is 4.63. The van der Waals surface area contributed by atoms with E-state index in [2.05, 4.69) is 9.97 Å². The summed E-state index contributed by atoms with van der Waals surface area (Å²) in [6.45, 7) is 3.80. The maximum absolute atomic E-state index is 12.3. The smallest absolute Gasteiger partial charge is 0.262 e. The van der Waals surface area contributed by atoms with Crippen LogP contribution in [0.15, 0.2) is 73.3 Å². The van der Waals surface area contributed by atoms with E-state index >= 15 is 0 Å². The van der Waals surface area contributed by atoms with Crippen LogP contribution in [0, 0.1) is 0 Å². The Morgan fingerprint density at radius 2 is 1.18 bits per heavy atom. The zero-order chi connectivity index (χ0) is 20.1. The minimum atomic E-state index is -0.296. The molecule has 0 radical (unpaired) electrons. The molecule has 0 saturated carbocycles. The highest BCUT2D eigenvalue weighted by molar-refractivity contribution is 6.21. The van der Waals surface area contributed by atoms with Gasteiger partial charge in [0.05, 0.1) is 17.2 Å². The lowest BCUT2D eigenvalue weighted by molar-refractivity contribution is 0.0595. The molecule has 0 fully saturated rings. The number of nitrogens with zero attached hydrogens (tertiary/aromatic N) is 3. The Labute approximate surface area is 164 Å². The number of rotatable bonds is 3. The maximum atomic E-state index is 12.3. The number of nitrogens with two attached hydrogens (primary N) is 1. The lowest BCUT2D eigenvalue weighted by Crippen LogP contribution is -2.32. The first-order valence-electron chi connectivity index (χ1n) is 9.03. The molecule has 0 saturated heterocycles. The van der Waals surface area contributed by atoms with E-state index < -0.39 is 0 Å². The number of carbonyl (C=O) groups is 2. The Bertz CT molecular complexity index is 924. The largest absolute Gasteiger partial charge is 0.324 e. The standard InChI is InChI=1S/C15H12N2O2.C7H10N2/c1-10(11-6-8-16-9-7-11)17-14(18)12-4-2-3-5-13(12)15(17)19;1-6(8)7-2-4-9-5-3-7/h2-10H,1H3;2-6H,8H2,1H3. The van der Waals surface area contributed by atoms with E-state index in [1.165, 1.54) is 4.90 Å². The molecule has 3 heterocycles. The van der Waals surface area contributed by atoms with Crippen molar-refractivity contribution < 1.29 is 9.59 Å². The van der Waals surface area contributed by atoms with Crippen LogP contribution in [0.25, 0.3) is 0 Å². The minimum Gasteiger partial charge on any atom is -0.324 e. The van der Waals surface area contributed by atoms with Gasteiger partial charge in [0.1, 0.15) is 0 Å². The van der Waals surface area contributed by atoms with E-state index in [0.29, 0.717) is 11.1 Å². The van der Waals surface area contributed by atoms with Crippen LogP contribution in [0.5, 0.6) is 0 Å². The number of imide groups is 1. The van der Waals surface area contributed by atoms with Crippen molar-refractivity contribution in [2.24, 2.45) is 5.73 Å². The van der Waals surface area contributed by atoms with Crippen LogP contribution in [0.1, 0.15) is 57.8 Å². The molecule has 0 bridgehead atoms. The molecule has 0 spiro atoms. The highest BCUT2D eigenvalue weighted by atomic mass is 16.2. The van der Waals surface area contributed by atoms with Gasteiger partial charge in [0.15, 0.2) is 0 Å². The van der Waals surface area contributed by atoms with E-state index in [1.807, 2.05) is 38.1 Å². The van der Waals surface area contributed by atoms with Crippen molar-refractivity contribution >= 4 is 11.8 Å². The molecular formula is C22H22N4O2. The Hall–Kier alpha value is -3.38. The summed E-state index contributed by atoms with van der Waals surface area (Å²) in [4.78, 5) is 33.7. The fraction of sp³-hybridized carbons (Fsp3) is 0.182. The molecule has 2 atom stereocenters. The molecule has 2 amide bonds. The summed E-state index contributed by atoms with van der Waals surface area (Å²) in [7, 11) is 0. The first-order valence-corrected chi connectivity index (χ1v) is 9.03. The SMILES string of the molecule is CC(N)c1ccncc1.CC(c1ccncc1)N1C(=O)c2ccccc2C1=O. The van der Waals surface area contributed by atoms with E-state index in [4.69, 9.17) is 5.73 Å². The quantitative estimate of drug-likeness (QED) is 0.708. The van der Waals surface area contributed by atoms with Crippen LogP contribution in [-0.4, -0.2) is 26.7 Å². The van der Waals surface area contributed by atoms with Crippen LogP contribution in [0.2, 0.25) is 0 Å². The maximum Gasteiger partial charge on any atom is 0.262 e. The third kappa shape index (κ3) is 3.97. The van der Waals surface area contributed by atoms with Gasteiger partial charge < -0.3 is 5.73 Å². The molecular weight excluding hydrogens is 352 g/mol. The van der Waals surface area contributed by atoms with Crippen LogP contribution < -0.4 is 5.73 Å². The average molecular weight is 374 g/mol. The van der Waals surface area contributed by atoms with Gasteiger partial charge in [0.25, 0.3) is 11.8 Å². The van der Waals surface area contributed by atoms with Gasteiger partial charge in [0.2, 0.25) is 0 Å². The van der Waals surface area contributed by atoms with Gasteiger partial charge in [-0.05, 0) is 61.4 Å². The van der Waals surface area contributed by atoms with Crippen LogP contribution in [-0.2, 0) is 0 Å². The second kappa shape index (κ2) is 8.54. The Morgan fingerprint density at radius 1 is 0.750 bits per heavy atom. The third-order valence-corrected chi connectivity index (χ3v) is 4.63. The summed E-state index contributed by atoms with van der Waals surface area (Å²) in [5.74, 6) is -0.463. The van der Waals surface area contributed by atoms with Gasteiger partial charge in [-0.15, -0.1) is 0 Å². The number of hydrogen-bond acceptors (Lipinski definition) is 5. The van der Waals surface area contributed by atoms with Gasteiger partial charge in [0, 0.05) is 30.8 Å². The van der Waals surface area contributed by atoms with Crippen molar-refractivity contribution in [2.45, 2.75) is 25.9 Å². The average Bonchev–Trinajstić information content (AvgIpc) is 3.00. The second-order valence-corrected chi connectivity index (χ2v) is 6.55. The van der Waals surface area contributed by atoms with E-state index in [-0.39, 0.29) is 23.9 Å². The summed E-state index contributed by atoms with van der Waals surface area (Å²) < 4.78 is 0. The first-order chi connectivity index (χ1) is 13.5. The van der Waals surface area contributed by atoms with Crippen LogP contribution >= 0.6 is 0 Å². The lowest BCUT2D eigenvalue weighted by Gasteiger charge is -2.22. The van der Waals surface area contributed by atoms with Crippen molar-refractivity contribution in [3.63, 3.8) is 0 Å². The molecule has 6 nitrogen and oxygen atoms in total. The predicted molar refractivity (Wildman–Crippen MR) is 106 cm³/mol. The highest BCUT2D eigenvalue weighted by Gasteiger charge is 2.38. The number of benzene rings is 1. The Morgan fingerprint density at radius 3 is 1.57 bits per heavy atom. The number of fused-ring (bicyclic) bond motifs is 1. The Kier molecular flexibility index (Phi) is 5.91. The molecule has 28 heavy (non-hydrogen) atoms. The van der Waals surface area contributed by atoms with Gasteiger partial charge in [-0.1, -0.05) is 12.1 Å². The summed E-state index contributed by atoms with van der Waals surface area (Å²) in [6.07, 6.45) is 6.81. The fourth-order valence-corrected chi connectivity index (χ4v) is 3.02.